The van der Waals surface area contributed by atoms with Gasteiger partial charge in [-0.2, -0.15) is 0 Å². The van der Waals surface area contributed by atoms with Gasteiger partial charge in [-0.1, -0.05) is 37.3 Å². The largest absolute Gasteiger partial charge is 0.346 e. The lowest BCUT2D eigenvalue weighted by Gasteiger charge is -2.24. The second-order valence-electron chi connectivity index (χ2n) is 4.08. The lowest BCUT2D eigenvalue weighted by Crippen LogP contribution is -2.36. The van der Waals surface area contributed by atoms with Gasteiger partial charge >= 0.3 is 0 Å². The lowest BCUT2D eigenvalue weighted by molar-refractivity contribution is -0.134. The number of carbonyl (C=O) groups excluding carboxylic acids is 1. The Morgan fingerprint density at radius 3 is 2.44 bits per heavy atom. The molecule has 0 aliphatic heterocycles. The fourth-order valence-electron chi connectivity index (χ4n) is 1.62. The van der Waals surface area contributed by atoms with Crippen molar-refractivity contribution in [2.45, 2.75) is 19.9 Å². The Kier molecular flexibility index (Phi) is 4.50. The number of hydrogen-bond donors (Lipinski definition) is 1. The van der Waals surface area contributed by atoms with E-state index in [9.17, 15) is 4.79 Å². The highest BCUT2D eigenvalue weighted by molar-refractivity contribution is 5.79. The Balaban J connectivity index is 2.75. The lowest BCUT2D eigenvalue weighted by atomic mass is 9.94. The van der Waals surface area contributed by atoms with E-state index < -0.39 is 0 Å². The van der Waals surface area contributed by atoms with E-state index in [1.165, 1.54) is 0 Å². The van der Waals surface area contributed by atoms with Crippen molar-refractivity contribution >= 4 is 5.91 Å². The molecule has 2 N–H and O–H groups in total. The maximum Gasteiger partial charge on any atom is 0.227 e. The van der Waals surface area contributed by atoms with Crippen molar-refractivity contribution in [3.63, 3.8) is 0 Å². The van der Waals surface area contributed by atoms with Gasteiger partial charge in [0.15, 0.2) is 0 Å². The summed E-state index contributed by atoms with van der Waals surface area (Å²) < 4.78 is 0. The van der Waals surface area contributed by atoms with Gasteiger partial charge in [-0.15, -0.1) is 0 Å². The van der Waals surface area contributed by atoms with Crippen LogP contribution in [0.2, 0.25) is 0 Å². The zero-order valence-corrected chi connectivity index (χ0v) is 10.2. The third kappa shape index (κ3) is 2.83. The summed E-state index contributed by atoms with van der Waals surface area (Å²) in [6, 6.07) is 9.51. The van der Waals surface area contributed by atoms with Crippen LogP contribution in [0.1, 0.15) is 25.5 Å². The first-order valence-corrected chi connectivity index (χ1v) is 5.63. The molecule has 0 aromatic heterocycles. The van der Waals surface area contributed by atoms with E-state index in [1.54, 1.807) is 11.9 Å². The van der Waals surface area contributed by atoms with Crippen LogP contribution in [0.25, 0.3) is 0 Å². The summed E-state index contributed by atoms with van der Waals surface area (Å²) in [7, 11) is 1.80. The first-order chi connectivity index (χ1) is 7.57. The number of carbonyl (C=O) groups is 1. The minimum atomic E-state index is -0.234. The zero-order chi connectivity index (χ0) is 12.1. The molecule has 2 atom stereocenters. The standard InChI is InChI=1S/C13H20N2O/c1-4-15(3)13(16)10(2)12(14)11-8-6-5-7-9-11/h5-10,12H,4,14H2,1-3H3/t10-,12-/m0/s1. The van der Waals surface area contributed by atoms with Crippen molar-refractivity contribution < 1.29 is 4.79 Å². The maximum atomic E-state index is 11.9. The molecular weight excluding hydrogens is 200 g/mol. The highest BCUT2D eigenvalue weighted by Crippen LogP contribution is 2.20. The molecule has 0 saturated heterocycles. The van der Waals surface area contributed by atoms with Crippen molar-refractivity contribution in [2.75, 3.05) is 13.6 Å². The maximum absolute atomic E-state index is 11.9. The molecule has 0 aliphatic rings. The van der Waals surface area contributed by atoms with E-state index in [2.05, 4.69) is 0 Å². The van der Waals surface area contributed by atoms with Crippen molar-refractivity contribution in [1.82, 2.24) is 4.90 Å². The van der Waals surface area contributed by atoms with E-state index in [4.69, 9.17) is 5.73 Å². The van der Waals surface area contributed by atoms with E-state index in [0.717, 1.165) is 5.56 Å². The van der Waals surface area contributed by atoms with E-state index >= 15 is 0 Å². The van der Waals surface area contributed by atoms with Gasteiger partial charge in [-0.25, -0.2) is 0 Å². The normalized spacial score (nSPS) is 14.2. The zero-order valence-electron chi connectivity index (χ0n) is 10.2. The molecule has 0 saturated carbocycles. The minimum absolute atomic E-state index is 0.0962. The molecule has 3 nitrogen and oxygen atoms in total. The van der Waals surface area contributed by atoms with Crippen molar-refractivity contribution in [2.24, 2.45) is 11.7 Å². The Morgan fingerprint density at radius 1 is 1.38 bits per heavy atom. The molecule has 0 heterocycles. The predicted octanol–water partition coefficient (Wildman–Crippen LogP) is 1.80. The number of nitrogens with two attached hydrogens (primary N) is 1. The highest BCUT2D eigenvalue weighted by atomic mass is 16.2. The molecule has 0 radical (unpaired) electrons. The first-order valence-electron chi connectivity index (χ1n) is 5.63. The van der Waals surface area contributed by atoms with Gasteiger partial charge in [0.1, 0.15) is 0 Å². The predicted molar refractivity (Wildman–Crippen MR) is 65.8 cm³/mol. The van der Waals surface area contributed by atoms with Crippen molar-refractivity contribution in [3.8, 4) is 0 Å². The van der Waals surface area contributed by atoms with Gasteiger partial charge in [0.2, 0.25) is 5.91 Å². The Hall–Kier alpha value is -1.35. The number of hydrogen-bond acceptors (Lipinski definition) is 2. The van der Waals surface area contributed by atoms with Gasteiger partial charge in [0.05, 0.1) is 5.92 Å². The molecule has 1 aromatic rings. The second kappa shape index (κ2) is 5.66. The second-order valence-corrected chi connectivity index (χ2v) is 4.08. The third-order valence-corrected chi connectivity index (χ3v) is 2.96. The monoisotopic (exact) mass is 220 g/mol. The topological polar surface area (TPSA) is 46.3 Å². The molecule has 3 heteroatoms. The Labute approximate surface area is 97.2 Å². The van der Waals surface area contributed by atoms with Gasteiger partial charge in [0.25, 0.3) is 0 Å². The van der Waals surface area contributed by atoms with Crippen LogP contribution in [0, 0.1) is 5.92 Å². The smallest absolute Gasteiger partial charge is 0.227 e. The van der Waals surface area contributed by atoms with Crippen LogP contribution in [0.15, 0.2) is 30.3 Å². The molecule has 0 fully saturated rings. The van der Waals surface area contributed by atoms with E-state index in [0.29, 0.717) is 6.54 Å². The summed E-state index contributed by atoms with van der Waals surface area (Å²) in [5.41, 5.74) is 7.09. The van der Waals surface area contributed by atoms with Crippen molar-refractivity contribution in [3.05, 3.63) is 35.9 Å². The quantitative estimate of drug-likeness (QED) is 0.841. The van der Waals surface area contributed by atoms with Crippen molar-refractivity contribution in [1.29, 1.82) is 0 Å². The van der Waals surface area contributed by atoms with Gasteiger partial charge in [-0.05, 0) is 12.5 Å². The fourth-order valence-corrected chi connectivity index (χ4v) is 1.62. The number of benzene rings is 1. The van der Waals surface area contributed by atoms with E-state index in [-0.39, 0.29) is 17.9 Å². The van der Waals surface area contributed by atoms with Crippen LogP contribution in [0.4, 0.5) is 0 Å². The molecule has 0 unspecified atom stereocenters. The van der Waals surface area contributed by atoms with Crippen LogP contribution in [0.3, 0.4) is 0 Å². The molecule has 0 aliphatic carbocycles. The Bertz CT molecular complexity index is 337. The van der Waals surface area contributed by atoms with Crippen LogP contribution in [-0.4, -0.2) is 24.4 Å². The number of rotatable bonds is 4. The third-order valence-electron chi connectivity index (χ3n) is 2.96. The summed E-state index contributed by atoms with van der Waals surface area (Å²) in [6.07, 6.45) is 0. The number of amides is 1. The average Bonchev–Trinajstić information content (AvgIpc) is 2.36. The summed E-state index contributed by atoms with van der Waals surface area (Å²) in [5.74, 6) is -0.0915. The molecule has 1 amide bonds. The van der Waals surface area contributed by atoms with Crippen LogP contribution in [0.5, 0.6) is 0 Å². The SMILES string of the molecule is CCN(C)C(=O)[C@@H](C)[C@H](N)c1ccccc1. The fraction of sp³-hybridized carbons (Fsp3) is 0.462. The van der Waals surface area contributed by atoms with Gasteiger partial charge < -0.3 is 10.6 Å². The summed E-state index contributed by atoms with van der Waals surface area (Å²) >= 11 is 0. The molecule has 88 valence electrons. The molecular formula is C13H20N2O. The molecule has 1 rings (SSSR count). The minimum Gasteiger partial charge on any atom is -0.346 e. The van der Waals surface area contributed by atoms with E-state index in [1.807, 2.05) is 44.2 Å². The summed E-state index contributed by atoms with van der Waals surface area (Å²) in [4.78, 5) is 13.6. The number of nitrogens with zero attached hydrogens (tertiary/aromatic N) is 1. The molecule has 16 heavy (non-hydrogen) atoms. The van der Waals surface area contributed by atoms with Crippen LogP contribution >= 0.6 is 0 Å². The molecule has 0 spiro atoms. The van der Waals surface area contributed by atoms with Crippen LogP contribution in [-0.2, 0) is 4.79 Å². The van der Waals surface area contributed by atoms with Crippen LogP contribution < -0.4 is 5.73 Å². The summed E-state index contributed by atoms with van der Waals surface area (Å²) in [5, 5.41) is 0. The molecule has 1 aromatic carbocycles. The first kappa shape index (κ1) is 12.7. The van der Waals surface area contributed by atoms with Gasteiger partial charge in [-0.3, -0.25) is 4.79 Å². The highest BCUT2D eigenvalue weighted by Gasteiger charge is 2.23. The van der Waals surface area contributed by atoms with Gasteiger partial charge in [0, 0.05) is 19.6 Å². The summed E-state index contributed by atoms with van der Waals surface area (Å²) in [6.45, 7) is 4.55. The Morgan fingerprint density at radius 2 is 1.94 bits per heavy atom. The average molecular weight is 220 g/mol. The molecule has 0 bridgehead atoms.